The van der Waals surface area contributed by atoms with Gasteiger partial charge in [-0.3, -0.25) is 0 Å². The van der Waals surface area contributed by atoms with E-state index in [2.05, 4.69) is 0 Å². The molecule has 0 radical (unpaired) electrons. The van der Waals surface area contributed by atoms with Crippen LogP contribution in [0, 0.1) is 17.6 Å². The van der Waals surface area contributed by atoms with Gasteiger partial charge < -0.3 is 14.4 Å². The summed E-state index contributed by atoms with van der Waals surface area (Å²) in [6.45, 7) is 1.35. The summed E-state index contributed by atoms with van der Waals surface area (Å²) in [5.74, 6) is 0.427. The Labute approximate surface area is 192 Å². The summed E-state index contributed by atoms with van der Waals surface area (Å²) in [7, 11) is 1.61. The van der Waals surface area contributed by atoms with Crippen molar-refractivity contribution in [1.29, 1.82) is 0 Å². The molecule has 0 unspecified atom stereocenters. The minimum Gasteiger partial charge on any atom is -0.497 e. The number of rotatable bonds is 6. The Morgan fingerprint density at radius 2 is 1.39 bits per heavy atom. The van der Waals surface area contributed by atoms with Gasteiger partial charge in [0.2, 0.25) is 0 Å². The zero-order chi connectivity index (χ0) is 23.2. The molecule has 1 saturated heterocycles. The van der Waals surface area contributed by atoms with Gasteiger partial charge in [-0.1, -0.05) is 36.4 Å². The summed E-state index contributed by atoms with van der Waals surface area (Å²) < 4.78 is 37.7. The molecule has 0 aliphatic carbocycles. The fourth-order valence-electron chi connectivity index (χ4n) is 4.45. The van der Waals surface area contributed by atoms with Crippen molar-refractivity contribution >= 4 is 6.09 Å². The summed E-state index contributed by atoms with van der Waals surface area (Å²) in [4.78, 5) is 14.3. The van der Waals surface area contributed by atoms with Gasteiger partial charge in [-0.15, -0.1) is 0 Å². The summed E-state index contributed by atoms with van der Waals surface area (Å²) in [5, 5.41) is 0. The molecule has 4 rings (SSSR count). The van der Waals surface area contributed by atoms with E-state index in [9.17, 15) is 13.6 Å². The van der Waals surface area contributed by atoms with Crippen LogP contribution in [0.5, 0.6) is 5.75 Å². The topological polar surface area (TPSA) is 38.8 Å². The minimum absolute atomic E-state index is 0.00340. The molecule has 33 heavy (non-hydrogen) atoms. The summed E-state index contributed by atoms with van der Waals surface area (Å²) in [5.41, 5.74) is 2.87. The Balaban J connectivity index is 1.39. The molecule has 0 atom stereocenters. The van der Waals surface area contributed by atoms with Gasteiger partial charge >= 0.3 is 6.09 Å². The van der Waals surface area contributed by atoms with Gasteiger partial charge in [0.25, 0.3) is 0 Å². The molecule has 1 fully saturated rings. The third kappa shape index (κ3) is 5.69. The van der Waals surface area contributed by atoms with E-state index in [1.807, 2.05) is 24.3 Å². The summed E-state index contributed by atoms with van der Waals surface area (Å²) in [6.07, 6.45) is 1.22. The van der Waals surface area contributed by atoms with E-state index in [0.29, 0.717) is 13.1 Å². The lowest BCUT2D eigenvalue weighted by molar-refractivity contribution is 0.0808. The fraction of sp³-hybridized carbons (Fsp3) is 0.296. The average Bonchev–Trinajstić information content (AvgIpc) is 2.86. The van der Waals surface area contributed by atoms with E-state index >= 15 is 0 Å². The van der Waals surface area contributed by atoms with E-state index in [0.717, 1.165) is 35.3 Å². The number of likely N-dealkylation sites (tertiary alicyclic amines) is 1. The van der Waals surface area contributed by atoms with Gasteiger partial charge in [-0.2, -0.15) is 0 Å². The molecule has 1 amide bonds. The predicted molar refractivity (Wildman–Crippen MR) is 122 cm³/mol. The number of nitrogens with zero attached hydrogens (tertiary/aromatic N) is 1. The third-order valence-corrected chi connectivity index (χ3v) is 6.25. The monoisotopic (exact) mass is 451 g/mol. The van der Waals surface area contributed by atoms with Crippen LogP contribution >= 0.6 is 0 Å². The molecule has 0 bridgehead atoms. The maximum Gasteiger partial charge on any atom is 0.410 e. The predicted octanol–water partition coefficient (Wildman–Crippen LogP) is 6.15. The second kappa shape index (κ2) is 10.5. The van der Waals surface area contributed by atoms with Crippen molar-refractivity contribution < 1.29 is 23.0 Å². The molecule has 1 aliphatic heterocycles. The molecule has 4 nitrogen and oxygen atoms in total. The zero-order valence-corrected chi connectivity index (χ0v) is 18.5. The van der Waals surface area contributed by atoms with Crippen LogP contribution in [0.3, 0.4) is 0 Å². The van der Waals surface area contributed by atoms with Gasteiger partial charge in [-0.05, 0) is 71.8 Å². The van der Waals surface area contributed by atoms with Crippen molar-refractivity contribution in [2.24, 2.45) is 5.92 Å². The Morgan fingerprint density at radius 1 is 0.879 bits per heavy atom. The summed E-state index contributed by atoms with van der Waals surface area (Å²) >= 11 is 0. The van der Waals surface area contributed by atoms with E-state index in [-0.39, 0.29) is 36.2 Å². The molecule has 3 aromatic carbocycles. The normalized spacial score (nSPS) is 14.4. The highest BCUT2D eigenvalue weighted by Gasteiger charge is 2.31. The Kier molecular flexibility index (Phi) is 7.23. The molecule has 1 heterocycles. The molecule has 0 N–H and O–H groups in total. The van der Waals surface area contributed by atoms with Gasteiger partial charge in [0.05, 0.1) is 7.11 Å². The molecule has 172 valence electrons. The van der Waals surface area contributed by atoms with Crippen LogP contribution in [-0.4, -0.2) is 31.2 Å². The van der Waals surface area contributed by atoms with Crippen LogP contribution in [-0.2, 0) is 11.3 Å². The van der Waals surface area contributed by atoms with Crippen molar-refractivity contribution in [3.05, 3.63) is 101 Å². The van der Waals surface area contributed by atoms with Crippen molar-refractivity contribution in [3.63, 3.8) is 0 Å². The average molecular weight is 452 g/mol. The summed E-state index contributed by atoms with van der Waals surface area (Å²) in [6, 6.07) is 20.4. The number of hydrogen-bond acceptors (Lipinski definition) is 3. The number of hydrogen-bond donors (Lipinski definition) is 0. The van der Waals surface area contributed by atoms with E-state index < -0.39 is 0 Å². The van der Waals surface area contributed by atoms with E-state index in [1.165, 1.54) is 24.3 Å². The molecular formula is C27H27F2NO3. The lowest BCUT2D eigenvalue weighted by Gasteiger charge is -2.36. The SMILES string of the molecule is COc1ccc(COC(=O)N2CCC(C(c3ccc(F)cc3)c3ccc(F)cc3)CC2)cc1. The van der Waals surface area contributed by atoms with Crippen LogP contribution in [0.2, 0.25) is 0 Å². The molecular weight excluding hydrogens is 424 g/mol. The van der Waals surface area contributed by atoms with Gasteiger partial charge in [0, 0.05) is 19.0 Å². The molecule has 0 saturated carbocycles. The van der Waals surface area contributed by atoms with Crippen LogP contribution in [0.1, 0.15) is 35.4 Å². The molecule has 0 aromatic heterocycles. The van der Waals surface area contributed by atoms with Gasteiger partial charge in [0.15, 0.2) is 0 Å². The molecule has 1 aliphatic rings. The lowest BCUT2D eigenvalue weighted by atomic mass is 9.76. The quantitative estimate of drug-likeness (QED) is 0.451. The molecule has 3 aromatic rings. The Bertz CT molecular complexity index is 999. The Morgan fingerprint density at radius 3 is 1.88 bits per heavy atom. The van der Waals surface area contributed by atoms with Gasteiger partial charge in [-0.25, -0.2) is 13.6 Å². The largest absolute Gasteiger partial charge is 0.497 e. The highest BCUT2D eigenvalue weighted by Crippen LogP contribution is 2.38. The minimum atomic E-state index is -0.329. The highest BCUT2D eigenvalue weighted by atomic mass is 19.1. The zero-order valence-electron chi connectivity index (χ0n) is 18.5. The first-order valence-electron chi connectivity index (χ1n) is 11.1. The van der Waals surface area contributed by atoms with Crippen LogP contribution in [0.4, 0.5) is 13.6 Å². The van der Waals surface area contributed by atoms with Crippen molar-refractivity contribution in [2.75, 3.05) is 20.2 Å². The molecule has 6 heteroatoms. The number of amides is 1. The maximum absolute atomic E-state index is 13.5. The maximum atomic E-state index is 13.5. The number of benzene rings is 3. The Hall–Kier alpha value is -3.41. The number of carbonyl (C=O) groups excluding carboxylic acids is 1. The van der Waals surface area contributed by atoms with Crippen LogP contribution in [0.25, 0.3) is 0 Å². The second-order valence-corrected chi connectivity index (χ2v) is 8.31. The molecule has 0 spiro atoms. The van der Waals surface area contributed by atoms with E-state index in [4.69, 9.17) is 9.47 Å². The number of ether oxygens (including phenoxy) is 2. The standard InChI is InChI=1S/C27H27F2NO3/c1-32-25-12-2-19(3-13-25)18-33-27(31)30-16-14-22(15-17-30)26(20-4-8-23(28)9-5-20)21-6-10-24(29)11-7-21/h2-13,22,26H,14-18H2,1H3. The lowest BCUT2D eigenvalue weighted by Crippen LogP contribution is -2.40. The van der Waals surface area contributed by atoms with E-state index in [1.54, 1.807) is 36.3 Å². The number of carbonyl (C=O) groups is 1. The fourth-order valence-corrected chi connectivity index (χ4v) is 4.45. The number of methoxy groups -OCH3 is 1. The van der Waals surface area contributed by atoms with Crippen molar-refractivity contribution in [2.45, 2.75) is 25.4 Å². The third-order valence-electron chi connectivity index (χ3n) is 6.25. The smallest absolute Gasteiger partial charge is 0.410 e. The highest BCUT2D eigenvalue weighted by molar-refractivity contribution is 5.67. The first-order valence-corrected chi connectivity index (χ1v) is 11.1. The number of halogens is 2. The second-order valence-electron chi connectivity index (χ2n) is 8.31. The van der Waals surface area contributed by atoms with Crippen molar-refractivity contribution in [1.82, 2.24) is 4.90 Å². The first-order chi connectivity index (χ1) is 16.0. The van der Waals surface area contributed by atoms with Crippen LogP contribution in [0.15, 0.2) is 72.8 Å². The van der Waals surface area contributed by atoms with Crippen molar-refractivity contribution in [3.8, 4) is 5.75 Å². The van der Waals surface area contributed by atoms with Gasteiger partial charge in [0.1, 0.15) is 24.0 Å². The van der Waals surface area contributed by atoms with Crippen LogP contribution < -0.4 is 4.74 Å². The first kappa shape index (κ1) is 22.8. The number of piperidine rings is 1.